The zero-order chi connectivity index (χ0) is 15.7. The molecule has 0 saturated heterocycles. The van der Waals surface area contributed by atoms with Crippen molar-refractivity contribution in [2.45, 2.75) is 32.4 Å². The fourth-order valence-corrected chi connectivity index (χ4v) is 2.45. The molecule has 0 aromatic heterocycles. The molecule has 0 bridgehead atoms. The molecule has 21 heavy (non-hydrogen) atoms. The lowest BCUT2D eigenvalue weighted by atomic mass is 10.1. The van der Waals surface area contributed by atoms with Gasteiger partial charge in [0.05, 0.1) is 6.54 Å². The Bertz CT molecular complexity index is 630. The van der Waals surface area contributed by atoms with Crippen LogP contribution in [0.2, 0.25) is 0 Å². The summed E-state index contributed by atoms with van der Waals surface area (Å²) < 4.78 is 14.0. The van der Waals surface area contributed by atoms with Gasteiger partial charge in [-0.25, -0.2) is 4.39 Å². The van der Waals surface area contributed by atoms with Crippen LogP contribution in [0.25, 0.3) is 0 Å². The molecule has 0 saturated carbocycles. The normalized spacial score (nSPS) is 15.0. The minimum absolute atomic E-state index is 0.0745. The number of aryl methyl sites for hydroxylation is 1. The molecule has 3 N–H and O–H groups in total. The lowest BCUT2D eigenvalue weighted by Crippen LogP contribution is -2.45. The van der Waals surface area contributed by atoms with E-state index in [1.165, 1.54) is 12.1 Å². The third-order valence-corrected chi connectivity index (χ3v) is 3.59. The molecule has 6 nitrogen and oxygen atoms in total. The van der Waals surface area contributed by atoms with Crippen molar-refractivity contribution in [3.8, 4) is 0 Å². The van der Waals surface area contributed by atoms with Crippen LogP contribution in [0.5, 0.6) is 0 Å². The van der Waals surface area contributed by atoms with Gasteiger partial charge in [-0.1, -0.05) is 6.07 Å². The SMILES string of the molecule is Cc1ccc2c(c1F)CN(C(CCC(=O)O)C(N)=O)C2=O. The van der Waals surface area contributed by atoms with Crippen LogP contribution in [0, 0.1) is 12.7 Å². The number of carboxylic acid groups (broad SMARTS) is 1. The number of hydrogen-bond donors (Lipinski definition) is 2. The Hall–Kier alpha value is -2.44. The number of benzene rings is 1. The first-order chi connectivity index (χ1) is 9.82. The van der Waals surface area contributed by atoms with E-state index in [0.29, 0.717) is 5.56 Å². The lowest BCUT2D eigenvalue weighted by Gasteiger charge is -2.24. The standard InChI is InChI=1S/C14H15FN2O4/c1-7-2-3-8-9(12(7)15)6-17(14(8)21)10(13(16)20)4-5-11(18)19/h2-3,10H,4-6H2,1H3,(H2,16,20)(H,18,19). The molecule has 7 heteroatoms. The van der Waals surface area contributed by atoms with E-state index in [9.17, 15) is 18.8 Å². The van der Waals surface area contributed by atoms with Gasteiger partial charge in [-0.2, -0.15) is 0 Å². The van der Waals surface area contributed by atoms with Crippen LogP contribution in [0.1, 0.15) is 34.3 Å². The van der Waals surface area contributed by atoms with Crippen molar-refractivity contribution in [1.29, 1.82) is 0 Å². The summed E-state index contributed by atoms with van der Waals surface area (Å²) in [5, 5.41) is 8.69. The Morgan fingerprint density at radius 3 is 2.71 bits per heavy atom. The van der Waals surface area contributed by atoms with Gasteiger partial charge < -0.3 is 15.7 Å². The zero-order valence-corrected chi connectivity index (χ0v) is 11.4. The first-order valence-electron chi connectivity index (χ1n) is 6.43. The molecule has 1 aliphatic heterocycles. The average molecular weight is 294 g/mol. The van der Waals surface area contributed by atoms with Crippen LogP contribution in [0.3, 0.4) is 0 Å². The molecule has 0 radical (unpaired) electrons. The summed E-state index contributed by atoms with van der Waals surface area (Å²) >= 11 is 0. The smallest absolute Gasteiger partial charge is 0.303 e. The number of aliphatic carboxylic acids is 1. The second kappa shape index (κ2) is 5.51. The Labute approximate surface area is 120 Å². The van der Waals surface area contributed by atoms with E-state index in [4.69, 9.17) is 10.8 Å². The highest BCUT2D eigenvalue weighted by molar-refractivity contribution is 6.01. The second-order valence-electron chi connectivity index (χ2n) is 5.01. The number of amides is 2. The van der Waals surface area contributed by atoms with Gasteiger partial charge in [-0.3, -0.25) is 14.4 Å². The third kappa shape index (κ3) is 2.72. The molecule has 0 fully saturated rings. The highest BCUT2D eigenvalue weighted by atomic mass is 19.1. The minimum atomic E-state index is -1.09. The highest BCUT2D eigenvalue weighted by Gasteiger charge is 2.37. The molecule has 1 aliphatic rings. The first-order valence-corrected chi connectivity index (χ1v) is 6.43. The molecule has 1 aromatic carbocycles. The van der Waals surface area contributed by atoms with Crippen LogP contribution in [-0.4, -0.2) is 33.8 Å². The molecule has 2 amide bonds. The Kier molecular flexibility index (Phi) is 3.93. The fraction of sp³-hybridized carbons (Fsp3) is 0.357. The van der Waals surface area contributed by atoms with Gasteiger partial charge in [0.25, 0.3) is 5.91 Å². The van der Waals surface area contributed by atoms with Crippen molar-refractivity contribution >= 4 is 17.8 Å². The number of nitrogens with zero attached hydrogens (tertiary/aromatic N) is 1. The Balaban J connectivity index is 2.30. The van der Waals surface area contributed by atoms with Crippen LogP contribution < -0.4 is 5.73 Å². The van der Waals surface area contributed by atoms with Crippen LogP contribution in [0.15, 0.2) is 12.1 Å². The van der Waals surface area contributed by atoms with Crippen LogP contribution in [-0.2, 0) is 16.1 Å². The molecule has 1 heterocycles. The van der Waals surface area contributed by atoms with Crippen molar-refractivity contribution in [1.82, 2.24) is 4.90 Å². The summed E-state index contributed by atoms with van der Waals surface area (Å²) in [5.41, 5.74) is 6.07. The number of nitrogens with two attached hydrogens (primary N) is 1. The summed E-state index contributed by atoms with van der Waals surface area (Å²) in [6, 6.07) is 1.94. The summed E-state index contributed by atoms with van der Waals surface area (Å²) in [6.07, 6.45) is -0.389. The summed E-state index contributed by atoms with van der Waals surface area (Å²) in [7, 11) is 0. The van der Waals surface area contributed by atoms with Gasteiger partial charge >= 0.3 is 5.97 Å². The van der Waals surface area contributed by atoms with E-state index in [0.717, 1.165) is 4.90 Å². The number of carboxylic acids is 1. The quantitative estimate of drug-likeness (QED) is 0.839. The van der Waals surface area contributed by atoms with Crippen molar-refractivity contribution < 1.29 is 23.9 Å². The second-order valence-corrected chi connectivity index (χ2v) is 5.01. The van der Waals surface area contributed by atoms with Crippen molar-refractivity contribution in [3.05, 3.63) is 34.6 Å². The number of carbonyl (C=O) groups is 3. The first kappa shape index (κ1) is 15.0. The summed E-state index contributed by atoms with van der Waals surface area (Å²) in [6.45, 7) is 1.51. The molecule has 1 atom stereocenters. The number of hydrogen-bond acceptors (Lipinski definition) is 3. The van der Waals surface area contributed by atoms with Gasteiger partial charge in [-0.15, -0.1) is 0 Å². The van der Waals surface area contributed by atoms with E-state index in [-0.39, 0.29) is 30.5 Å². The third-order valence-electron chi connectivity index (χ3n) is 3.59. The Morgan fingerprint density at radius 1 is 1.48 bits per heavy atom. The largest absolute Gasteiger partial charge is 0.481 e. The molecule has 0 aliphatic carbocycles. The molecule has 2 rings (SSSR count). The number of halogens is 1. The van der Waals surface area contributed by atoms with Gasteiger partial charge in [0.2, 0.25) is 5.91 Å². The van der Waals surface area contributed by atoms with Gasteiger partial charge in [0.15, 0.2) is 0 Å². The Morgan fingerprint density at radius 2 is 2.14 bits per heavy atom. The van der Waals surface area contributed by atoms with Crippen molar-refractivity contribution in [2.24, 2.45) is 5.73 Å². The number of rotatable bonds is 5. The van der Waals surface area contributed by atoms with E-state index in [1.54, 1.807) is 6.92 Å². The lowest BCUT2D eigenvalue weighted by molar-refractivity contribution is -0.137. The van der Waals surface area contributed by atoms with Crippen molar-refractivity contribution in [3.63, 3.8) is 0 Å². The maximum Gasteiger partial charge on any atom is 0.303 e. The van der Waals surface area contributed by atoms with Gasteiger partial charge in [0.1, 0.15) is 11.9 Å². The maximum absolute atomic E-state index is 14.0. The molecular formula is C14H15FN2O4. The fourth-order valence-electron chi connectivity index (χ4n) is 2.45. The number of primary amides is 1. The van der Waals surface area contributed by atoms with Crippen LogP contribution >= 0.6 is 0 Å². The summed E-state index contributed by atoms with van der Waals surface area (Å²) in [5.74, 6) is -2.87. The van der Waals surface area contributed by atoms with Gasteiger partial charge in [-0.05, 0) is 25.0 Å². The highest BCUT2D eigenvalue weighted by Crippen LogP contribution is 2.29. The number of fused-ring (bicyclic) bond motifs is 1. The molecule has 1 aromatic rings. The monoisotopic (exact) mass is 294 g/mol. The zero-order valence-electron chi connectivity index (χ0n) is 11.4. The van der Waals surface area contributed by atoms with E-state index in [1.807, 2.05) is 0 Å². The predicted molar refractivity (Wildman–Crippen MR) is 70.9 cm³/mol. The topological polar surface area (TPSA) is 101 Å². The average Bonchev–Trinajstić information content (AvgIpc) is 2.72. The van der Waals surface area contributed by atoms with E-state index in [2.05, 4.69) is 0 Å². The molecule has 112 valence electrons. The molecular weight excluding hydrogens is 279 g/mol. The van der Waals surface area contributed by atoms with E-state index < -0.39 is 29.6 Å². The van der Waals surface area contributed by atoms with E-state index >= 15 is 0 Å². The molecule has 1 unspecified atom stereocenters. The maximum atomic E-state index is 14.0. The van der Waals surface area contributed by atoms with Crippen molar-refractivity contribution in [2.75, 3.05) is 0 Å². The summed E-state index contributed by atoms with van der Waals surface area (Å²) in [4.78, 5) is 35.5. The molecule has 0 spiro atoms. The minimum Gasteiger partial charge on any atom is -0.481 e. The van der Waals surface area contributed by atoms with Gasteiger partial charge in [0, 0.05) is 17.5 Å². The van der Waals surface area contributed by atoms with Crippen LogP contribution in [0.4, 0.5) is 4.39 Å². The number of carbonyl (C=O) groups excluding carboxylic acids is 2. The predicted octanol–water partition coefficient (Wildman–Crippen LogP) is 0.809.